The van der Waals surface area contributed by atoms with Crippen LogP contribution < -0.4 is 5.32 Å². The Balaban J connectivity index is 1.72. The van der Waals surface area contributed by atoms with Crippen molar-refractivity contribution >= 4 is 11.3 Å². The zero-order valence-corrected chi connectivity index (χ0v) is 12.9. The van der Waals surface area contributed by atoms with Gasteiger partial charge in [-0.1, -0.05) is 6.92 Å². The molecule has 1 aliphatic rings. The SMILES string of the molecule is CCCNCc1cc(COCC2CCCO2)c(C)s1. The molecule has 19 heavy (non-hydrogen) atoms. The molecule has 2 rings (SSSR count). The molecule has 0 radical (unpaired) electrons. The summed E-state index contributed by atoms with van der Waals surface area (Å²) in [5, 5.41) is 3.44. The van der Waals surface area contributed by atoms with Crippen LogP contribution in [0.1, 0.15) is 41.5 Å². The number of ether oxygens (including phenoxy) is 2. The Hall–Kier alpha value is -0.420. The second kappa shape index (κ2) is 8.00. The van der Waals surface area contributed by atoms with E-state index in [0.29, 0.717) is 6.10 Å². The van der Waals surface area contributed by atoms with Crippen molar-refractivity contribution in [3.05, 3.63) is 21.4 Å². The van der Waals surface area contributed by atoms with Crippen LogP contribution >= 0.6 is 11.3 Å². The van der Waals surface area contributed by atoms with Gasteiger partial charge in [-0.3, -0.25) is 0 Å². The molecule has 2 heterocycles. The van der Waals surface area contributed by atoms with E-state index in [1.54, 1.807) is 0 Å². The summed E-state index contributed by atoms with van der Waals surface area (Å²) in [5.41, 5.74) is 1.33. The molecule has 1 aromatic rings. The Labute approximate surface area is 120 Å². The fraction of sp³-hybridized carbons (Fsp3) is 0.733. The molecular formula is C15H25NO2S. The average Bonchev–Trinajstić information content (AvgIpc) is 3.01. The first-order chi connectivity index (χ1) is 9.29. The molecule has 0 spiro atoms. The molecule has 0 aromatic carbocycles. The summed E-state index contributed by atoms with van der Waals surface area (Å²) in [4.78, 5) is 2.78. The Bertz CT molecular complexity index is 372. The molecule has 1 saturated heterocycles. The third kappa shape index (κ3) is 4.88. The van der Waals surface area contributed by atoms with E-state index in [1.807, 2.05) is 11.3 Å². The minimum Gasteiger partial charge on any atom is -0.376 e. The lowest BCUT2D eigenvalue weighted by molar-refractivity contribution is 0.0105. The Kier molecular flexibility index (Phi) is 6.31. The van der Waals surface area contributed by atoms with Crippen LogP contribution in [0.15, 0.2) is 6.07 Å². The number of rotatable bonds is 8. The topological polar surface area (TPSA) is 30.5 Å². The first-order valence-corrected chi connectivity index (χ1v) is 8.09. The summed E-state index contributed by atoms with van der Waals surface area (Å²) < 4.78 is 11.3. The van der Waals surface area contributed by atoms with Gasteiger partial charge in [0, 0.05) is 22.9 Å². The fourth-order valence-electron chi connectivity index (χ4n) is 2.28. The predicted octanol–water partition coefficient (Wildman–Crippen LogP) is 3.25. The minimum atomic E-state index is 0.324. The number of hydrogen-bond acceptors (Lipinski definition) is 4. The van der Waals surface area contributed by atoms with E-state index < -0.39 is 0 Å². The molecule has 108 valence electrons. The van der Waals surface area contributed by atoms with Crippen LogP contribution in [0, 0.1) is 6.92 Å². The summed E-state index contributed by atoms with van der Waals surface area (Å²) in [7, 11) is 0. The number of aryl methyl sites for hydroxylation is 1. The van der Waals surface area contributed by atoms with Crippen molar-refractivity contribution in [3.8, 4) is 0 Å². The summed E-state index contributed by atoms with van der Waals surface area (Å²) in [6.45, 7) is 8.79. The molecule has 1 fully saturated rings. The van der Waals surface area contributed by atoms with E-state index in [4.69, 9.17) is 9.47 Å². The van der Waals surface area contributed by atoms with Gasteiger partial charge in [0.2, 0.25) is 0 Å². The summed E-state index contributed by atoms with van der Waals surface area (Å²) in [6.07, 6.45) is 3.83. The quantitative estimate of drug-likeness (QED) is 0.743. The lowest BCUT2D eigenvalue weighted by Gasteiger charge is -2.09. The van der Waals surface area contributed by atoms with Crippen LogP contribution in [0.4, 0.5) is 0 Å². The Morgan fingerprint density at radius 1 is 1.53 bits per heavy atom. The largest absolute Gasteiger partial charge is 0.376 e. The first-order valence-electron chi connectivity index (χ1n) is 7.28. The zero-order valence-electron chi connectivity index (χ0n) is 12.0. The highest BCUT2D eigenvalue weighted by Gasteiger charge is 2.15. The monoisotopic (exact) mass is 283 g/mol. The highest BCUT2D eigenvalue weighted by molar-refractivity contribution is 7.12. The molecule has 3 nitrogen and oxygen atoms in total. The molecule has 1 N–H and O–H groups in total. The van der Waals surface area contributed by atoms with E-state index >= 15 is 0 Å². The second-order valence-corrected chi connectivity index (χ2v) is 6.46. The van der Waals surface area contributed by atoms with E-state index in [2.05, 4.69) is 25.2 Å². The van der Waals surface area contributed by atoms with Gasteiger partial charge in [-0.15, -0.1) is 11.3 Å². The Morgan fingerprint density at radius 3 is 3.16 bits per heavy atom. The van der Waals surface area contributed by atoms with Gasteiger partial charge < -0.3 is 14.8 Å². The van der Waals surface area contributed by atoms with Gasteiger partial charge in [0.05, 0.1) is 19.3 Å². The molecule has 4 heteroatoms. The first kappa shape index (κ1) is 15.0. The normalized spacial score (nSPS) is 19.2. The molecule has 1 aromatic heterocycles. The second-order valence-electron chi connectivity index (χ2n) is 5.12. The highest BCUT2D eigenvalue weighted by atomic mass is 32.1. The van der Waals surface area contributed by atoms with E-state index in [-0.39, 0.29) is 0 Å². The van der Waals surface area contributed by atoms with E-state index in [0.717, 1.165) is 39.3 Å². The van der Waals surface area contributed by atoms with Gasteiger partial charge in [-0.05, 0) is 44.4 Å². The van der Waals surface area contributed by atoms with Crippen molar-refractivity contribution < 1.29 is 9.47 Å². The van der Waals surface area contributed by atoms with Crippen molar-refractivity contribution in [1.29, 1.82) is 0 Å². The van der Waals surface area contributed by atoms with Gasteiger partial charge in [0.25, 0.3) is 0 Å². The zero-order chi connectivity index (χ0) is 13.5. The van der Waals surface area contributed by atoms with E-state index in [1.165, 1.54) is 28.2 Å². The van der Waals surface area contributed by atoms with Gasteiger partial charge in [-0.25, -0.2) is 0 Å². The minimum absolute atomic E-state index is 0.324. The lowest BCUT2D eigenvalue weighted by atomic mass is 10.2. The average molecular weight is 283 g/mol. The van der Waals surface area contributed by atoms with Gasteiger partial charge in [-0.2, -0.15) is 0 Å². The molecule has 0 saturated carbocycles. The van der Waals surface area contributed by atoms with Crippen LogP contribution in [0.5, 0.6) is 0 Å². The summed E-state index contributed by atoms with van der Waals surface area (Å²) >= 11 is 1.87. The maximum Gasteiger partial charge on any atom is 0.0809 e. The van der Waals surface area contributed by atoms with Crippen molar-refractivity contribution in [2.45, 2.75) is 52.4 Å². The van der Waals surface area contributed by atoms with Gasteiger partial charge in [0.1, 0.15) is 0 Å². The van der Waals surface area contributed by atoms with E-state index in [9.17, 15) is 0 Å². The third-order valence-corrected chi connectivity index (χ3v) is 4.48. The van der Waals surface area contributed by atoms with Crippen molar-refractivity contribution in [2.75, 3.05) is 19.8 Å². The summed E-state index contributed by atoms with van der Waals surface area (Å²) in [5.74, 6) is 0. The molecule has 1 atom stereocenters. The van der Waals surface area contributed by atoms with Crippen molar-refractivity contribution in [2.24, 2.45) is 0 Å². The fourth-order valence-corrected chi connectivity index (χ4v) is 3.30. The number of nitrogens with one attached hydrogen (secondary N) is 1. The predicted molar refractivity (Wildman–Crippen MR) is 79.7 cm³/mol. The maximum absolute atomic E-state index is 5.78. The number of hydrogen-bond donors (Lipinski definition) is 1. The van der Waals surface area contributed by atoms with Crippen LogP contribution in [-0.2, 0) is 22.6 Å². The van der Waals surface area contributed by atoms with Crippen molar-refractivity contribution in [3.63, 3.8) is 0 Å². The molecule has 1 unspecified atom stereocenters. The van der Waals surface area contributed by atoms with Crippen LogP contribution in [0.25, 0.3) is 0 Å². The molecule has 0 aliphatic carbocycles. The molecule has 0 amide bonds. The molecule has 0 bridgehead atoms. The number of thiophene rings is 1. The Morgan fingerprint density at radius 2 is 2.42 bits per heavy atom. The summed E-state index contributed by atoms with van der Waals surface area (Å²) in [6, 6.07) is 2.28. The van der Waals surface area contributed by atoms with Crippen LogP contribution in [0.2, 0.25) is 0 Å². The van der Waals surface area contributed by atoms with Crippen LogP contribution in [-0.4, -0.2) is 25.9 Å². The van der Waals surface area contributed by atoms with Crippen molar-refractivity contribution in [1.82, 2.24) is 5.32 Å². The van der Waals surface area contributed by atoms with Gasteiger partial charge >= 0.3 is 0 Å². The molecule has 1 aliphatic heterocycles. The lowest BCUT2D eigenvalue weighted by Crippen LogP contribution is -2.14. The highest BCUT2D eigenvalue weighted by Crippen LogP contribution is 2.22. The van der Waals surface area contributed by atoms with Crippen LogP contribution in [0.3, 0.4) is 0 Å². The van der Waals surface area contributed by atoms with Gasteiger partial charge in [0.15, 0.2) is 0 Å². The standard InChI is InChI=1S/C15H25NO2S/c1-3-6-16-9-15-8-13(12(2)19-15)10-17-11-14-5-4-7-18-14/h8,14,16H,3-7,9-11H2,1-2H3. The smallest absolute Gasteiger partial charge is 0.0809 e. The maximum atomic E-state index is 5.78. The molecular weight excluding hydrogens is 258 g/mol. The third-order valence-electron chi connectivity index (χ3n) is 3.38.